The summed E-state index contributed by atoms with van der Waals surface area (Å²) < 4.78 is 2.02. The standard InChI is InChI=1S/C18H19N3O2/c1-21-15-10-6-5-9-14(15)20-16(21)11-12-19-18(23)17(22)13-7-3-2-4-8-13/h2-10,17,22H,11-12H2,1H3,(H,19,23). The van der Waals surface area contributed by atoms with E-state index in [4.69, 9.17) is 0 Å². The van der Waals surface area contributed by atoms with Crippen LogP contribution < -0.4 is 5.32 Å². The number of hydrogen-bond donors (Lipinski definition) is 2. The third-order valence-corrected chi connectivity index (χ3v) is 3.89. The highest BCUT2D eigenvalue weighted by molar-refractivity contribution is 5.81. The van der Waals surface area contributed by atoms with E-state index < -0.39 is 12.0 Å². The second-order valence-corrected chi connectivity index (χ2v) is 5.43. The molecule has 3 aromatic rings. The minimum absolute atomic E-state index is 0.394. The molecule has 5 nitrogen and oxygen atoms in total. The molecule has 3 rings (SSSR count). The van der Waals surface area contributed by atoms with Crippen LogP contribution in [0.1, 0.15) is 17.5 Å². The Morgan fingerprint density at radius 1 is 1.17 bits per heavy atom. The van der Waals surface area contributed by atoms with Crippen molar-refractivity contribution in [3.05, 3.63) is 66.0 Å². The zero-order valence-electron chi connectivity index (χ0n) is 12.9. The van der Waals surface area contributed by atoms with Crippen LogP contribution in [0, 0.1) is 0 Å². The average molecular weight is 309 g/mol. The van der Waals surface area contributed by atoms with Crippen molar-refractivity contribution in [2.75, 3.05) is 6.54 Å². The van der Waals surface area contributed by atoms with Crippen LogP contribution in [0.2, 0.25) is 0 Å². The Morgan fingerprint density at radius 2 is 1.87 bits per heavy atom. The summed E-state index contributed by atoms with van der Waals surface area (Å²) in [4.78, 5) is 16.6. The van der Waals surface area contributed by atoms with E-state index in [1.807, 2.05) is 41.9 Å². The molecule has 0 aliphatic heterocycles. The van der Waals surface area contributed by atoms with Crippen LogP contribution in [-0.4, -0.2) is 27.1 Å². The molecule has 0 aliphatic rings. The highest BCUT2D eigenvalue weighted by Gasteiger charge is 2.16. The van der Waals surface area contributed by atoms with Crippen molar-refractivity contribution in [3.8, 4) is 0 Å². The van der Waals surface area contributed by atoms with Gasteiger partial charge >= 0.3 is 0 Å². The number of hydrogen-bond acceptors (Lipinski definition) is 3. The number of nitrogens with one attached hydrogen (secondary N) is 1. The molecular formula is C18H19N3O2. The molecule has 1 amide bonds. The first kappa shape index (κ1) is 15.2. The first-order valence-electron chi connectivity index (χ1n) is 7.58. The van der Waals surface area contributed by atoms with Crippen molar-refractivity contribution in [1.29, 1.82) is 0 Å². The summed E-state index contributed by atoms with van der Waals surface area (Å²) in [6.07, 6.45) is -0.532. The Bertz CT molecular complexity index is 812. The predicted molar refractivity (Wildman–Crippen MR) is 88.8 cm³/mol. The number of fused-ring (bicyclic) bond motifs is 1. The maximum atomic E-state index is 12.0. The van der Waals surface area contributed by atoms with E-state index in [0.717, 1.165) is 16.9 Å². The Hall–Kier alpha value is -2.66. The number of carbonyl (C=O) groups is 1. The van der Waals surface area contributed by atoms with E-state index in [0.29, 0.717) is 18.5 Å². The van der Waals surface area contributed by atoms with Gasteiger partial charge in [-0.1, -0.05) is 42.5 Å². The molecule has 1 atom stereocenters. The maximum absolute atomic E-state index is 12.0. The third kappa shape index (κ3) is 3.24. The second kappa shape index (κ2) is 6.62. The van der Waals surface area contributed by atoms with E-state index in [1.165, 1.54) is 0 Å². The number of carbonyl (C=O) groups excluding carboxylic acids is 1. The monoisotopic (exact) mass is 309 g/mol. The molecule has 0 radical (unpaired) electrons. The van der Waals surface area contributed by atoms with Gasteiger partial charge in [-0.15, -0.1) is 0 Å². The molecule has 5 heteroatoms. The van der Waals surface area contributed by atoms with Crippen molar-refractivity contribution < 1.29 is 9.90 Å². The molecule has 0 saturated heterocycles. The third-order valence-electron chi connectivity index (χ3n) is 3.89. The van der Waals surface area contributed by atoms with E-state index in [2.05, 4.69) is 10.3 Å². The van der Waals surface area contributed by atoms with Gasteiger partial charge in [0.15, 0.2) is 6.10 Å². The summed E-state index contributed by atoms with van der Waals surface area (Å²) in [7, 11) is 1.96. The van der Waals surface area contributed by atoms with Gasteiger partial charge in [-0.25, -0.2) is 4.98 Å². The van der Waals surface area contributed by atoms with Gasteiger partial charge in [0.05, 0.1) is 11.0 Å². The summed E-state index contributed by atoms with van der Waals surface area (Å²) >= 11 is 0. The number of aliphatic hydroxyl groups is 1. The van der Waals surface area contributed by atoms with Gasteiger partial charge < -0.3 is 15.0 Å². The smallest absolute Gasteiger partial charge is 0.253 e. The second-order valence-electron chi connectivity index (χ2n) is 5.43. The lowest BCUT2D eigenvalue weighted by molar-refractivity contribution is -0.129. The van der Waals surface area contributed by atoms with Crippen LogP contribution in [0.3, 0.4) is 0 Å². The molecule has 118 valence electrons. The molecule has 0 aliphatic carbocycles. The molecule has 1 aromatic heterocycles. The lowest BCUT2D eigenvalue weighted by Gasteiger charge is -2.11. The molecule has 0 bridgehead atoms. The van der Waals surface area contributed by atoms with E-state index in [-0.39, 0.29) is 0 Å². The molecule has 1 unspecified atom stereocenters. The normalized spacial score (nSPS) is 12.3. The molecule has 0 fully saturated rings. The van der Waals surface area contributed by atoms with Gasteiger partial charge in [0.2, 0.25) is 0 Å². The largest absolute Gasteiger partial charge is 0.378 e. The zero-order chi connectivity index (χ0) is 16.2. The van der Waals surface area contributed by atoms with Gasteiger partial charge in [0, 0.05) is 20.0 Å². The van der Waals surface area contributed by atoms with Gasteiger partial charge in [0.1, 0.15) is 5.82 Å². The summed E-state index contributed by atoms with van der Waals surface area (Å²) in [5.41, 5.74) is 2.60. The minimum atomic E-state index is -1.14. The molecule has 2 N–H and O–H groups in total. The van der Waals surface area contributed by atoms with Crippen LogP contribution in [0.25, 0.3) is 11.0 Å². The number of para-hydroxylation sites is 2. The van der Waals surface area contributed by atoms with Crippen LogP contribution in [0.15, 0.2) is 54.6 Å². The van der Waals surface area contributed by atoms with Crippen LogP contribution in [0.5, 0.6) is 0 Å². The first-order chi connectivity index (χ1) is 11.2. The molecule has 23 heavy (non-hydrogen) atoms. The summed E-state index contributed by atoms with van der Waals surface area (Å²) in [5.74, 6) is 0.510. The number of aryl methyl sites for hydroxylation is 1. The zero-order valence-corrected chi connectivity index (χ0v) is 12.9. The van der Waals surface area contributed by atoms with Crippen molar-refractivity contribution in [2.45, 2.75) is 12.5 Å². The first-order valence-corrected chi connectivity index (χ1v) is 7.58. The van der Waals surface area contributed by atoms with Gasteiger partial charge in [-0.05, 0) is 17.7 Å². The Labute approximate surface area is 134 Å². The van der Waals surface area contributed by atoms with E-state index in [9.17, 15) is 9.90 Å². The lowest BCUT2D eigenvalue weighted by atomic mass is 10.1. The number of aromatic nitrogens is 2. The number of aliphatic hydroxyl groups excluding tert-OH is 1. The number of nitrogens with zero attached hydrogens (tertiary/aromatic N) is 2. The fourth-order valence-electron chi connectivity index (χ4n) is 2.60. The minimum Gasteiger partial charge on any atom is -0.378 e. The Kier molecular flexibility index (Phi) is 4.39. The van der Waals surface area contributed by atoms with Crippen LogP contribution in [-0.2, 0) is 18.3 Å². The van der Waals surface area contributed by atoms with Crippen molar-refractivity contribution in [3.63, 3.8) is 0 Å². The van der Waals surface area contributed by atoms with Gasteiger partial charge in [-0.2, -0.15) is 0 Å². The van der Waals surface area contributed by atoms with Gasteiger partial charge in [0.25, 0.3) is 5.91 Å². The molecule has 2 aromatic carbocycles. The van der Waals surface area contributed by atoms with Gasteiger partial charge in [-0.3, -0.25) is 4.79 Å². The van der Waals surface area contributed by atoms with Crippen LogP contribution >= 0.6 is 0 Å². The molecular weight excluding hydrogens is 290 g/mol. The molecule has 0 saturated carbocycles. The van der Waals surface area contributed by atoms with Crippen LogP contribution in [0.4, 0.5) is 0 Å². The maximum Gasteiger partial charge on any atom is 0.253 e. The summed E-state index contributed by atoms with van der Waals surface area (Å²) in [6, 6.07) is 16.8. The topological polar surface area (TPSA) is 67.2 Å². The molecule has 0 spiro atoms. The summed E-state index contributed by atoms with van der Waals surface area (Å²) in [6.45, 7) is 0.430. The lowest BCUT2D eigenvalue weighted by Crippen LogP contribution is -2.31. The fourth-order valence-corrected chi connectivity index (χ4v) is 2.60. The quantitative estimate of drug-likeness (QED) is 0.757. The number of benzene rings is 2. The average Bonchev–Trinajstić information content (AvgIpc) is 2.91. The predicted octanol–water partition coefficient (Wildman–Crippen LogP) is 1.97. The highest BCUT2D eigenvalue weighted by atomic mass is 16.3. The van der Waals surface area contributed by atoms with E-state index in [1.54, 1.807) is 24.3 Å². The number of amides is 1. The Balaban J connectivity index is 1.60. The molecule has 1 heterocycles. The number of imidazole rings is 1. The fraction of sp³-hybridized carbons (Fsp3) is 0.222. The number of rotatable bonds is 5. The SMILES string of the molecule is Cn1c(CCNC(=O)C(O)c2ccccc2)nc2ccccc21. The van der Waals surface area contributed by atoms with Crippen molar-refractivity contribution >= 4 is 16.9 Å². The van der Waals surface area contributed by atoms with E-state index >= 15 is 0 Å². The summed E-state index contributed by atoms with van der Waals surface area (Å²) in [5, 5.41) is 12.8. The van der Waals surface area contributed by atoms with Crippen molar-refractivity contribution in [2.24, 2.45) is 7.05 Å². The van der Waals surface area contributed by atoms with Crippen molar-refractivity contribution in [1.82, 2.24) is 14.9 Å². The Morgan fingerprint density at radius 3 is 2.61 bits per heavy atom. The highest BCUT2D eigenvalue weighted by Crippen LogP contribution is 2.15.